The maximum Gasteiger partial charge on any atom is 0.319 e. The van der Waals surface area contributed by atoms with Crippen molar-refractivity contribution in [2.75, 3.05) is 41.7 Å². The number of amides is 2. The molecule has 1 aromatic heterocycles. The lowest BCUT2D eigenvalue weighted by Crippen LogP contribution is -2.33. The second-order valence-corrected chi connectivity index (χ2v) is 5.89. The molecular weight excluding hydrogens is 342 g/mol. The number of rotatable bonds is 6. The Labute approximate surface area is 149 Å². The van der Waals surface area contributed by atoms with Crippen LogP contribution in [0.25, 0.3) is 0 Å². The number of urea groups is 1. The number of benzene rings is 1. The molecule has 3 rings (SSSR count). The molecule has 0 radical (unpaired) electrons. The Hall–Kier alpha value is -2.97. The summed E-state index contributed by atoms with van der Waals surface area (Å²) in [6.45, 7) is 2.74. The molecular formula is C17H20F2N6O. The predicted octanol–water partition coefficient (Wildman–Crippen LogP) is 2.59. The summed E-state index contributed by atoms with van der Waals surface area (Å²) in [6.07, 6.45) is 3.84. The summed E-state index contributed by atoms with van der Waals surface area (Å²) in [5.41, 5.74) is -0.0806. The van der Waals surface area contributed by atoms with E-state index in [1.807, 2.05) is 6.07 Å². The molecule has 2 amide bonds. The van der Waals surface area contributed by atoms with Crippen LogP contribution >= 0.6 is 0 Å². The molecule has 0 unspecified atom stereocenters. The van der Waals surface area contributed by atoms with Gasteiger partial charge in [-0.15, -0.1) is 0 Å². The van der Waals surface area contributed by atoms with Gasteiger partial charge in [0.1, 0.15) is 29.6 Å². The number of aromatic nitrogens is 2. The second kappa shape index (κ2) is 8.41. The van der Waals surface area contributed by atoms with Crippen LogP contribution < -0.4 is 20.9 Å². The van der Waals surface area contributed by atoms with Crippen LogP contribution in [0.3, 0.4) is 0 Å². The van der Waals surface area contributed by atoms with Crippen LogP contribution in [0, 0.1) is 11.6 Å². The molecule has 0 aliphatic carbocycles. The second-order valence-electron chi connectivity index (χ2n) is 5.89. The Morgan fingerprint density at radius 3 is 2.69 bits per heavy atom. The van der Waals surface area contributed by atoms with E-state index in [1.54, 1.807) is 0 Å². The lowest BCUT2D eigenvalue weighted by atomic mass is 10.3. The van der Waals surface area contributed by atoms with Gasteiger partial charge in [-0.3, -0.25) is 0 Å². The zero-order valence-electron chi connectivity index (χ0n) is 14.1. The molecule has 1 fully saturated rings. The molecule has 9 heteroatoms. The van der Waals surface area contributed by atoms with Gasteiger partial charge in [0.25, 0.3) is 0 Å². The number of nitrogens with zero attached hydrogens (tertiary/aromatic N) is 3. The van der Waals surface area contributed by atoms with Crippen molar-refractivity contribution >= 4 is 23.4 Å². The van der Waals surface area contributed by atoms with Crippen molar-refractivity contribution in [1.29, 1.82) is 0 Å². The largest absolute Gasteiger partial charge is 0.368 e. The summed E-state index contributed by atoms with van der Waals surface area (Å²) in [7, 11) is 0. The van der Waals surface area contributed by atoms with Crippen LogP contribution in [0.1, 0.15) is 12.8 Å². The fourth-order valence-electron chi connectivity index (χ4n) is 2.69. The maximum absolute atomic E-state index is 13.5. The quantitative estimate of drug-likeness (QED) is 0.688. The number of carbonyl (C=O) groups excluding carboxylic acids is 1. The van der Waals surface area contributed by atoms with Crippen LogP contribution in [-0.4, -0.2) is 42.2 Å². The monoisotopic (exact) mass is 362 g/mol. The first-order valence-corrected chi connectivity index (χ1v) is 8.42. The van der Waals surface area contributed by atoms with Gasteiger partial charge in [-0.25, -0.2) is 23.5 Å². The van der Waals surface area contributed by atoms with E-state index in [-0.39, 0.29) is 5.69 Å². The lowest BCUT2D eigenvalue weighted by molar-refractivity contribution is 0.252. The minimum absolute atomic E-state index is 0.0806. The highest BCUT2D eigenvalue weighted by molar-refractivity contribution is 5.89. The SMILES string of the molecule is O=C(NCCNc1cc(N2CCCC2)ncn1)Nc1ccc(F)cc1F. The van der Waals surface area contributed by atoms with Gasteiger partial charge in [0.15, 0.2) is 0 Å². The summed E-state index contributed by atoms with van der Waals surface area (Å²) < 4.78 is 26.3. The zero-order valence-corrected chi connectivity index (χ0v) is 14.1. The van der Waals surface area contributed by atoms with Gasteiger partial charge in [0.2, 0.25) is 0 Å². The fraction of sp³-hybridized carbons (Fsp3) is 0.353. The number of anilines is 3. The summed E-state index contributed by atoms with van der Waals surface area (Å²) in [6, 6.07) is 4.26. The summed E-state index contributed by atoms with van der Waals surface area (Å²) in [5.74, 6) is 0.0377. The minimum atomic E-state index is -0.825. The zero-order chi connectivity index (χ0) is 18.4. The third kappa shape index (κ3) is 4.78. The number of nitrogens with one attached hydrogen (secondary N) is 3. The van der Waals surface area contributed by atoms with Gasteiger partial charge in [0, 0.05) is 38.3 Å². The number of carbonyl (C=O) groups is 1. The summed E-state index contributed by atoms with van der Waals surface area (Å²) >= 11 is 0. The molecule has 2 heterocycles. The molecule has 26 heavy (non-hydrogen) atoms. The smallest absolute Gasteiger partial charge is 0.319 e. The molecule has 0 saturated carbocycles. The van der Waals surface area contributed by atoms with Crippen molar-refractivity contribution in [3.8, 4) is 0 Å². The van der Waals surface area contributed by atoms with E-state index in [4.69, 9.17) is 0 Å². The molecule has 1 aliphatic rings. The van der Waals surface area contributed by atoms with Crippen molar-refractivity contribution in [3.63, 3.8) is 0 Å². The number of hydrogen-bond donors (Lipinski definition) is 3. The van der Waals surface area contributed by atoms with E-state index in [2.05, 4.69) is 30.8 Å². The highest BCUT2D eigenvalue weighted by atomic mass is 19.1. The third-order valence-electron chi connectivity index (χ3n) is 3.98. The predicted molar refractivity (Wildman–Crippen MR) is 95.3 cm³/mol. The first kappa shape index (κ1) is 17.8. The van der Waals surface area contributed by atoms with Gasteiger partial charge >= 0.3 is 6.03 Å². The van der Waals surface area contributed by atoms with Gasteiger partial charge in [-0.1, -0.05) is 0 Å². The molecule has 2 aromatic rings. The molecule has 3 N–H and O–H groups in total. The minimum Gasteiger partial charge on any atom is -0.368 e. The van der Waals surface area contributed by atoms with Crippen molar-refractivity contribution < 1.29 is 13.6 Å². The Kier molecular flexibility index (Phi) is 5.77. The van der Waals surface area contributed by atoms with E-state index < -0.39 is 17.7 Å². The third-order valence-corrected chi connectivity index (χ3v) is 3.98. The van der Waals surface area contributed by atoms with Crippen molar-refractivity contribution in [2.45, 2.75) is 12.8 Å². The lowest BCUT2D eigenvalue weighted by Gasteiger charge is -2.16. The van der Waals surface area contributed by atoms with E-state index in [0.717, 1.165) is 25.0 Å². The number of halogens is 2. The van der Waals surface area contributed by atoms with Crippen molar-refractivity contribution in [2.24, 2.45) is 0 Å². The van der Waals surface area contributed by atoms with E-state index in [9.17, 15) is 13.6 Å². The Morgan fingerprint density at radius 2 is 1.92 bits per heavy atom. The van der Waals surface area contributed by atoms with Crippen LogP contribution in [0.5, 0.6) is 0 Å². The van der Waals surface area contributed by atoms with Crippen molar-refractivity contribution in [1.82, 2.24) is 15.3 Å². The van der Waals surface area contributed by atoms with Gasteiger partial charge in [0.05, 0.1) is 5.69 Å². The van der Waals surface area contributed by atoms with Crippen molar-refractivity contribution in [3.05, 3.63) is 42.2 Å². The standard InChI is InChI=1S/C17H20F2N6O/c18-12-3-4-14(13(19)9-12)24-17(26)21-6-5-20-15-10-16(23-11-22-15)25-7-1-2-8-25/h3-4,9-11H,1-2,5-8H2,(H,20,22,23)(H2,21,24,26). The molecule has 1 saturated heterocycles. The normalized spacial score (nSPS) is 13.5. The van der Waals surface area contributed by atoms with Crippen LogP contribution in [0.4, 0.5) is 30.9 Å². The molecule has 0 spiro atoms. The van der Waals surface area contributed by atoms with Gasteiger partial charge in [-0.05, 0) is 25.0 Å². The molecule has 1 aliphatic heterocycles. The summed E-state index contributed by atoms with van der Waals surface area (Å²) in [4.78, 5) is 22.4. The topological polar surface area (TPSA) is 82.2 Å². The van der Waals surface area contributed by atoms with Gasteiger partial charge in [-0.2, -0.15) is 0 Å². The average Bonchev–Trinajstić information content (AvgIpc) is 3.16. The molecule has 7 nitrogen and oxygen atoms in total. The van der Waals surface area contributed by atoms with Gasteiger partial charge < -0.3 is 20.9 Å². The highest BCUT2D eigenvalue weighted by Gasteiger charge is 2.14. The van der Waals surface area contributed by atoms with E-state index >= 15 is 0 Å². The Balaban J connectivity index is 1.42. The molecule has 0 atom stereocenters. The summed E-state index contributed by atoms with van der Waals surface area (Å²) in [5, 5.41) is 8.02. The number of hydrogen-bond acceptors (Lipinski definition) is 5. The van der Waals surface area contributed by atoms with E-state index in [0.29, 0.717) is 25.0 Å². The molecule has 0 bridgehead atoms. The van der Waals surface area contributed by atoms with Crippen LogP contribution in [0.2, 0.25) is 0 Å². The molecule has 1 aromatic carbocycles. The first-order valence-electron chi connectivity index (χ1n) is 8.42. The average molecular weight is 362 g/mol. The van der Waals surface area contributed by atoms with Crippen LogP contribution in [-0.2, 0) is 0 Å². The molecule has 138 valence electrons. The Bertz CT molecular complexity index is 767. The van der Waals surface area contributed by atoms with Crippen LogP contribution in [0.15, 0.2) is 30.6 Å². The fourth-order valence-corrected chi connectivity index (χ4v) is 2.69. The first-order chi connectivity index (χ1) is 12.6. The maximum atomic E-state index is 13.5. The highest BCUT2D eigenvalue weighted by Crippen LogP contribution is 2.19. The van der Waals surface area contributed by atoms with E-state index in [1.165, 1.54) is 25.2 Å². The Morgan fingerprint density at radius 1 is 1.12 bits per heavy atom.